The van der Waals surface area contributed by atoms with Crippen LogP contribution in [0.1, 0.15) is 32.3 Å². The minimum atomic E-state index is -1.03. The number of carbonyl (C=O) groups is 3. The molecule has 0 bridgehead atoms. The number of hydrogen-bond acceptors (Lipinski definition) is 7. The average Bonchev–Trinajstić information content (AvgIpc) is 3.45. The number of amides is 4. The third-order valence-corrected chi connectivity index (χ3v) is 8.30. The van der Waals surface area contributed by atoms with Crippen molar-refractivity contribution in [2.24, 2.45) is 11.8 Å². The summed E-state index contributed by atoms with van der Waals surface area (Å²) in [6.45, 7) is 4.13. The zero-order chi connectivity index (χ0) is 27.5. The van der Waals surface area contributed by atoms with Crippen LogP contribution in [0.5, 0.6) is 0 Å². The van der Waals surface area contributed by atoms with E-state index >= 15 is 0 Å². The Labute approximate surface area is 232 Å². The van der Waals surface area contributed by atoms with Crippen LogP contribution in [0.15, 0.2) is 76.6 Å². The highest BCUT2D eigenvalue weighted by Gasteiger charge is 2.32. The van der Waals surface area contributed by atoms with Gasteiger partial charge in [-0.3, -0.25) is 19.8 Å². The van der Waals surface area contributed by atoms with Gasteiger partial charge in [-0.1, -0.05) is 56.7 Å². The smallest absolute Gasteiger partial charge is 0.324 e. The summed E-state index contributed by atoms with van der Waals surface area (Å²) in [6.07, 6.45) is 4.65. The number of nitrogens with one attached hydrogen (secondary N) is 1. The normalized spacial score (nSPS) is 12.6. The largest absolute Gasteiger partial charge is 0.349 e. The van der Waals surface area contributed by atoms with Crippen molar-refractivity contribution in [2.75, 3.05) is 17.7 Å². The number of thiophene rings is 1. The summed E-state index contributed by atoms with van der Waals surface area (Å²) in [7, 11) is 1.59. The van der Waals surface area contributed by atoms with Crippen LogP contribution in [-0.4, -0.2) is 51.9 Å². The predicted molar refractivity (Wildman–Crippen MR) is 151 cm³/mol. The van der Waals surface area contributed by atoms with E-state index in [1.54, 1.807) is 42.9 Å². The second-order valence-corrected chi connectivity index (χ2v) is 11.6. The molecule has 0 aliphatic heterocycles. The lowest BCUT2D eigenvalue weighted by Gasteiger charge is -2.27. The van der Waals surface area contributed by atoms with Gasteiger partial charge in [0.25, 0.3) is 5.91 Å². The topological polar surface area (TPSA) is 103 Å². The van der Waals surface area contributed by atoms with Crippen LogP contribution in [0.3, 0.4) is 0 Å². The number of likely N-dealkylation sites (N-methyl/N-ethyl adjacent to an activating group) is 1. The number of hydrogen-bond donors (Lipinski definition) is 2. The Morgan fingerprint density at radius 3 is 2.42 bits per heavy atom. The molecule has 8 nitrogen and oxygen atoms in total. The molecule has 0 saturated heterocycles. The first-order valence-electron chi connectivity index (χ1n) is 12.5. The van der Waals surface area contributed by atoms with Crippen LogP contribution >= 0.6 is 23.1 Å². The van der Waals surface area contributed by atoms with E-state index in [0.29, 0.717) is 23.8 Å². The molecule has 202 valence electrons. The zero-order valence-electron chi connectivity index (χ0n) is 21.8. The Morgan fingerprint density at radius 1 is 1.03 bits per heavy atom. The molecule has 4 amide bonds. The number of urea groups is 1. The van der Waals surface area contributed by atoms with Crippen LogP contribution in [0.2, 0.25) is 0 Å². The summed E-state index contributed by atoms with van der Waals surface area (Å²) in [5.74, 6) is -0.832. The molecule has 3 rings (SSSR count). The quantitative estimate of drug-likeness (QED) is 0.174. The summed E-state index contributed by atoms with van der Waals surface area (Å²) in [5, 5.41) is 15.3. The van der Waals surface area contributed by atoms with E-state index < -0.39 is 29.8 Å². The molecule has 2 atom stereocenters. The zero-order valence-corrected chi connectivity index (χ0v) is 23.5. The first-order chi connectivity index (χ1) is 18.3. The maximum absolute atomic E-state index is 13.4. The fraction of sp³-hybridized carbons (Fsp3) is 0.357. The van der Waals surface area contributed by atoms with Gasteiger partial charge in [0.05, 0.1) is 22.0 Å². The van der Waals surface area contributed by atoms with Crippen LogP contribution in [-0.2, 0) is 16.0 Å². The molecule has 0 fully saturated rings. The molecule has 0 aliphatic carbocycles. The first-order valence-corrected chi connectivity index (χ1v) is 14.3. The number of benzene rings is 1. The number of carbonyl (C=O) groups excluding carboxylic acids is 3. The molecule has 2 aromatic heterocycles. The van der Waals surface area contributed by atoms with E-state index in [0.717, 1.165) is 16.2 Å². The first kappa shape index (κ1) is 29.3. The number of anilines is 1. The fourth-order valence-corrected chi connectivity index (χ4v) is 5.73. The van der Waals surface area contributed by atoms with Crippen LogP contribution in [0.25, 0.3) is 0 Å². The minimum Gasteiger partial charge on any atom is -0.324 e. The number of nitrogens with zero attached hydrogens (tertiary/aromatic N) is 3. The number of rotatable bonds is 12. The van der Waals surface area contributed by atoms with E-state index in [1.165, 1.54) is 16.7 Å². The van der Waals surface area contributed by atoms with E-state index in [-0.39, 0.29) is 11.5 Å². The minimum absolute atomic E-state index is 0.134. The highest BCUT2D eigenvalue weighted by molar-refractivity contribution is 8.01. The molecule has 10 heteroatoms. The predicted octanol–water partition coefficient (Wildman–Crippen LogP) is 5.49. The second kappa shape index (κ2) is 14.7. The van der Waals surface area contributed by atoms with Gasteiger partial charge in [0, 0.05) is 25.4 Å². The number of thioether (sulfide) groups is 1. The lowest BCUT2D eigenvalue weighted by Crippen LogP contribution is -2.54. The number of hydroxylamine groups is 2. The Hall–Kier alpha value is -3.21. The molecule has 1 unspecified atom stereocenters. The molecular weight excluding hydrogens is 520 g/mol. The Morgan fingerprint density at radius 2 is 1.79 bits per heavy atom. The van der Waals surface area contributed by atoms with Crippen molar-refractivity contribution in [2.45, 2.75) is 43.4 Å². The Balaban J connectivity index is 1.74. The van der Waals surface area contributed by atoms with Gasteiger partial charge in [0.15, 0.2) is 0 Å². The second-order valence-electron chi connectivity index (χ2n) is 9.36. The van der Waals surface area contributed by atoms with Crippen molar-refractivity contribution in [3.05, 3.63) is 77.9 Å². The van der Waals surface area contributed by atoms with Crippen molar-refractivity contribution in [3.63, 3.8) is 0 Å². The standard InChI is InChI=1S/C28H34N4O4S2/c1-20(2)13-14-22(19-38-25-12-8-16-37-25)26(33)32(36)28(35)30-24(17-21-9-5-4-6-10-21)27(34)31(3)23-11-7-15-29-18-23/h4-12,15-16,18,20,22,24,36H,13-14,17,19H2,1-3H3,(H,30,35)/t22-,24?/m1/s1. The SMILES string of the molecule is CC(C)CC[C@H](CSc1cccs1)C(=O)N(O)C(=O)NC(Cc1ccccc1)C(=O)N(C)c1cccnc1. The van der Waals surface area contributed by atoms with Gasteiger partial charge in [0.2, 0.25) is 5.91 Å². The van der Waals surface area contributed by atoms with E-state index in [2.05, 4.69) is 24.1 Å². The van der Waals surface area contributed by atoms with Gasteiger partial charge in [-0.05, 0) is 41.5 Å². The summed E-state index contributed by atoms with van der Waals surface area (Å²) in [6, 6.07) is 14.6. The highest BCUT2D eigenvalue weighted by Crippen LogP contribution is 2.28. The van der Waals surface area contributed by atoms with Crippen LogP contribution < -0.4 is 10.2 Å². The molecule has 0 saturated carbocycles. The third kappa shape index (κ3) is 8.68. The van der Waals surface area contributed by atoms with Crippen molar-refractivity contribution >= 4 is 46.6 Å². The molecule has 0 aliphatic rings. The lowest BCUT2D eigenvalue weighted by molar-refractivity contribution is -0.157. The van der Waals surface area contributed by atoms with E-state index in [9.17, 15) is 19.6 Å². The Bertz CT molecular complexity index is 1160. The molecule has 3 aromatic rings. The van der Waals surface area contributed by atoms with E-state index in [1.807, 2.05) is 47.8 Å². The molecular formula is C28H34N4O4S2. The van der Waals surface area contributed by atoms with Gasteiger partial charge >= 0.3 is 6.03 Å². The van der Waals surface area contributed by atoms with Gasteiger partial charge in [-0.2, -0.15) is 0 Å². The van der Waals surface area contributed by atoms with Gasteiger partial charge in [-0.25, -0.2) is 4.79 Å². The molecule has 1 aromatic carbocycles. The summed E-state index contributed by atoms with van der Waals surface area (Å²) in [5.41, 5.74) is 1.38. The molecule has 0 radical (unpaired) electrons. The van der Waals surface area contributed by atoms with Crippen LogP contribution in [0.4, 0.5) is 10.5 Å². The lowest BCUT2D eigenvalue weighted by atomic mass is 9.98. The van der Waals surface area contributed by atoms with Crippen molar-refractivity contribution in [1.82, 2.24) is 15.4 Å². The maximum atomic E-state index is 13.4. The van der Waals surface area contributed by atoms with Gasteiger partial charge in [-0.15, -0.1) is 28.2 Å². The van der Waals surface area contributed by atoms with Crippen molar-refractivity contribution < 1.29 is 19.6 Å². The highest BCUT2D eigenvalue weighted by atomic mass is 32.2. The molecule has 0 spiro atoms. The number of pyridine rings is 1. The fourth-order valence-electron chi connectivity index (χ4n) is 3.79. The van der Waals surface area contributed by atoms with E-state index in [4.69, 9.17) is 0 Å². The Kier molecular flexibility index (Phi) is 11.3. The van der Waals surface area contributed by atoms with Gasteiger partial charge in [0.1, 0.15) is 6.04 Å². The average molecular weight is 555 g/mol. The van der Waals surface area contributed by atoms with Crippen molar-refractivity contribution in [3.8, 4) is 0 Å². The molecule has 38 heavy (non-hydrogen) atoms. The summed E-state index contributed by atoms with van der Waals surface area (Å²) < 4.78 is 1.06. The molecule has 2 heterocycles. The van der Waals surface area contributed by atoms with Crippen molar-refractivity contribution in [1.29, 1.82) is 0 Å². The van der Waals surface area contributed by atoms with Crippen LogP contribution in [0, 0.1) is 11.8 Å². The maximum Gasteiger partial charge on any atom is 0.349 e. The molecule has 2 N–H and O–H groups in total. The third-order valence-electron chi connectivity index (χ3n) is 6.01. The monoisotopic (exact) mass is 554 g/mol. The summed E-state index contributed by atoms with van der Waals surface area (Å²) in [4.78, 5) is 45.2. The number of imide groups is 1. The summed E-state index contributed by atoms with van der Waals surface area (Å²) >= 11 is 3.11. The number of aromatic nitrogens is 1. The van der Waals surface area contributed by atoms with Gasteiger partial charge < -0.3 is 10.2 Å².